The summed E-state index contributed by atoms with van der Waals surface area (Å²) < 4.78 is 16.4. The summed E-state index contributed by atoms with van der Waals surface area (Å²) >= 11 is 0. The zero-order valence-corrected chi connectivity index (χ0v) is 18.8. The Bertz CT molecular complexity index is 929. The molecule has 9 nitrogen and oxygen atoms in total. The predicted octanol–water partition coefficient (Wildman–Crippen LogP) is 3.32. The Morgan fingerprint density at radius 1 is 1.12 bits per heavy atom. The van der Waals surface area contributed by atoms with E-state index >= 15 is 0 Å². The monoisotopic (exact) mass is 457 g/mol. The van der Waals surface area contributed by atoms with Crippen LogP contribution in [0.4, 0.5) is 4.79 Å². The number of Topliss-reactive ketones (excluding diaryl/α,β-unsaturated/α-hetero) is 1. The van der Waals surface area contributed by atoms with Gasteiger partial charge in [-0.05, 0) is 30.9 Å². The maximum atomic E-state index is 12.9. The largest absolute Gasteiger partial charge is 0.436 e. The van der Waals surface area contributed by atoms with Crippen LogP contribution in [-0.2, 0) is 14.3 Å². The summed E-state index contributed by atoms with van der Waals surface area (Å²) in [6.45, 7) is 1.50. The molecule has 1 atom stereocenters. The normalized spacial score (nSPS) is 18.1. The van der Waals surface area contributed by atoms with Gasteiger partial charge in [-0.1, -0.05) is 44.2 Å². The van der Waals surface area contributed by atoms with Gasteiger partial charge in [-0.25, -0.2) is 9.78 Å². The number of aromatic nitrogens is 1. The van der Waals surface area contributed by atoms with Crippen LogP contribution in [0.1, 0.15) is 55.6 Å². The zero-order valence-electron chi connectivity index (χ0n) is 18.8. The van der Waals surface area contributed by atoms with Crippen molar-refractivity contribution in [2.45, 2.75) is 51.0 Å². The van der Waals surface area contributed by atoms with Crippen molar-refractivity contribution in [3.63, 3.8) is 0 Å². The quantitative estimate of drug-likeness (QED) is 0.605. The fraction of sp³-hybridized carbons (Fsp3) is 0.583. The second-order valence-electron chi connectivity index (χ2n) is 8.68. The van der Waals surface area contributed by atoms with E-state index in [2.05, 4.69) is 10.3 Å². The van der Waals surface area contributed by atoms with Crippen LogP contribution in [0.3, 0.4) is 0 Å². The molecule has 1 N–H and O–H groups in total. The first-order valence-corrected chi connectivity index (χ1v) is 11.8. The summed E-state index contributed by atoms with van der Waals surface area (Å²) in [5.41, 5.74) is 1.09. The lowest BCUT2D eigenvalue weighted by molar-refractivity contribution is -0.130. The lowest BCUT2D eigenvalue weighted by Crippen LogP contribution is -2.46. The lowest BCUT2D eigenvalue weighted by Gasteiger charge is -2.29. The molecule has 2 heterocycles. The Labute approximate surface area is 192 Å². The molecule has 2 aromatic rings. The van der Waals surface area contributed by atoms with Crippen LogP contribution < -0.4 is 5.32 Å². The summed E-state index contributed by atoms with van der Waals surface area (Å²) in [7, 11) is 0. The summed E-state index contributed by atoms with van der Waals surface area (Å²) in [4.78, 5) is 43.7. The molecule has 1 aliphatic heterocycles. The zero-order chi connectivity index (χ0) is 23.0. The molecule has 2 aliphatic rings. The average Bonchev–Trinajstić information content (AvgIpc) is 3.30. The molecule has 0 bridgehead atoms. The molecule has 1 unspecified atom stereocenters. The van der Waals surface area contributed by atoms with Crippen molar-refractivity contribution in [3.05, 3.63) is 30.2 Å². The number of ether oxygens (including phenoxy) is 2. The molecule has 0 radical (unpaired) electrons. The first-order valence-electron chi connectivity index (χ1n) is 11.8. The highest BCUT2D eigenvalue weighted by molar-refractivity contribution is 5.98. The smallest absolute Gasteiger partial charge is 0.410 e. The van der Waals surface area contributed by atoms with Gasteiger partial charge in [0.1, 0.15) is 5.52 Å². The molecule has 2 fully saturated rings. The molecule has 9 heteroatoms. The van der Waals surface area contributed by atoms with E-state index in [-0.39, 0.29) is 12.4 Å². The molecule has 1 saturated carbocycles. The Hall–Kier alpha value is -2.94. The van der Waals surface area contributed by atoms with Gasteiger partial charge in [0.2, 0.25) is 5.78 Å². The summed E-state index contributed by atoms with van der Waals surface area (Å²) in [5.74, 6) is -0.431. The molecule has 0 spiro atoms. The van der Waals surface area contributed by atoms with Crippen LogP contribution in [0, 0.1) is 5.92 Å². The van der Waals surface area contributed by atoms with Crippen molar-refractivity contribution in [3.8, 4) is 0 Å². The van der Waals surface area contributed by atoms with Crippen LogP contribution in [0.2, 0.25) is 0 Å². The predicted molar refractivity (Wildman–Crippen MR) is 120 cm³/mol. The fourth-order valence-electron chi connectivity index (χ4n) is 4.40. The molecule has 1 aromatic carbocycles. The van der Waals surface area contributed by atoms with Gasteiger partial charge in [-0.3, -0.25) is 9.59 Å². The number of hydrogen-bond acceptors (Lipinski definition) is 7. The number of amides is 2. The Kier molecular flexibility index (Phi) is 7.93. The SMILES string of the molecule is O=C(CNC(=O)C(CCC1CCCCC1)OC(=O)N1CCOCC1)c1nc2ccccc2o1. The number of morpholine rings is 1. The molecule has 178 valence electrons. The second-order valence-corrected chi connectivity index (χ2v) is 8.68. The Morgan fingerprint density at radius 2 is 1.88 bits per heavy atom. The number of ketones is 1. The Balaban J connectivity index is 1.35. The van der Waals surface area contributed by atoms with Gasteiger partial charge < -0.3 is 24.1 Å². The van der Waals surface area contributed by atoms with Gasteiger partial charge in [0, 0.05) is 13.1 Å². The first-order chi connectivity index (χ1) is 16.1. The van der Waals surface area contributed by atoms with Crippen molar-refractivity contribution >= 4 is 28.9 Å². The number of para-hydroxylation sites is 2. The third-order valence-electron chi connectivity index (χ3n) is 6.32. The van der Waals surface area contributed by atoms with Gasteiger partial charge in [-0.15, -0.1) is 0 Å². The van der Waals surface area contributed by atoms with E-state index < -0.39 is 23.9 Å². The number of benzene rings is 1. The number of nitrogens with zero attached hydrogens (tertiary/aromatic N) is 2. The standard InChI is InChI=1S/C24H31N3O6/c28-19(23-26-18-8-4-5-9-20(18)32-23)16-25-22(29)21(11-10-17-6-2-1-3-7-17)33-24(30)27-12-14-31-15-13-27/h4-5,8-9,17,21H,1-3,6-7,10-16H2,(H,25,29). The second kappa shape index (κ2) is 11.3. The number of nitrogens with one attached hydrogen (secondary N) is 1. The van der Waals surface area contributed by atoms with E-state index in [1.54, 1.807) is 29.2 Å². The number of oxazole rings is 1. The highest BCUT2D eigenvalue weighted by Crippen LogP contribution is 2.28. The van der Waals surface area contributed by atoms with Crippen molar-refractivity contribution < 1.29 is 28.3 Å². The topological polar surface area (TPSA) is 111 Å². The maximum Gasteiger partial charge on any atom is 0.410 e. The maximum absolute atomic E-state index is 12.9. The molecule has 2 amide bonds. The molecular weight excluding hydrogens is 426 g/mol. The van der Waals surface area contributed by atoms with E-state index in [9.17, 15) is 14.4 Å². The van der Waals surface area contributed by atoms with E-state index in [0.717, 1.165) is 19.3 Å². The number of rotatable bonds is 8. The fourth-order valence-corrected chi connectivity index (χ4v) is 4.40. The van der Waals surface area contributed by atoms with Crippen molar-refractivity contribution in [1.29, 1.82) is 0 Å². The van der Waals surface area contributed by atoms with Crippen molar-refractivity contribution in [2.24, 2.45) is 5.92 Å². The summed E-state index contributed by atoms with van der Waals surface area (Å²) in [5, 5.41) is 2.61. The number of hydrogen-bond donors (Lipinski definition) is 1. The summed E-state index contributed by atoms with van der Waals surface area (Å²) in [6.07, 6.45) is 5.72. The molecule has 1 aliphatic carbocycles. The number of carbonyl (C=O) groups excluding carboxylic acids is 3. The molecular formula is C24H31N3O6. The third-order valence-corrected chi connectivity index (χ3v) is 6.32. The van der Waals surface area contributed by atoms with Crippen LogP contribution in [0.15, 0.2) is 28.7 Å². The van der Waals surface area contributed by atoms with Crippen molar-refractivity contribution in [1.82, 2.24) is 15.2 Å². The van der Waals surface area contributed by atoms with E-state index in [1.165, 1.54) is 19.3 Å². The van der Waals surface area contributed by atoms with Crippen LogP contribution >= 0.6 is 0 Å². The van der Waals surface area contributed by atoms with Gasteiger partial charge in [-0.2, -0.15) is 0 Å². The Morgan fingerprint density at radius 3 is 2.64 bits per heavy atom. The molecule has 4 rings (SSSR count). The highest BCUT2D eigenvalue weighted by Gasteiger charge is 2.29. The molecule has 1 aromatic heterocycles. The minimum absolute atomic E-state index is 0.0550. The van der Waals surface area contributed by atoms with Crippen molar-refractivity contribution in [2.75, 3.05) is 32.8 Å². The van der Waals surface area contributed by atoms with Gasteiger partial charge >= 0.3 is 6.09 Å². The van der Waals surface area contributed by atoms with E-state index in [4.69, 9.17) is 13.9 Å². The van der Waals surface area contributed by atoms with Crippen LogP contribution in [-0.4, -0.2) is 66.6 Å². The third kappa shape index (κ3) is 6.31. The average molecular weight is 458 g/mol. The number of fused-ring (bicyclic) bond motifs is 1. The molecule has 1 saturated heterocycles. The highest BCUT2D eigenvalue weighted by atomic mass is 16.6. The van der Waals surface area contributed by atoms with Gasteiger partial charge in [0.25, 0.3) is 11.8 Å². The number of carbonyl (C=O) groups is 3. The minimum Gasteiger partial charge on any atom is -0.436 e. The first kappa shape index (κ1) is 23.2. The van der Waals surface area contributed by atoms with Crippen LogP contribution in [0.25, 0.3) is 11.1 Å². The van der Waals surface area contributed by atoms with E-state index in [1.807, 2.05) is 0 Å². The van der Waals surface area contributed by atoms with E-state index in [0.29, 0.717) is 49.7 Å². The van der Waals surface area contributed by atoms with Crippen LogP contribution in [0.5, 0.6) is 0 Å². The lowest BCUT2D eigenvalue weighted by atomic mass is 9.85. The minimum atomic E-state index is -0.946. The van der Waals surface area contributed by atoms with Gasteiger partial charge in [0.15, 0.2) is 11.7 Å². The summed E-state index contributed by atoms with van der Waals surface area (Å²) in [6, 6.07) is 7.08. The van der Waals surface area contributed by atoms with Gasteiger partial charge in [0.05, 0.1) is 19.8 Å². The molecule has 33 heavy (non-hydrogen) atoms.